The number of hydrogen-bond donors (Lipinski definition) is 1. The van der Waals surface area contributed by atoms with Crippen molar-refractivity contribution in [1.82, 2.24) is 9.55 Å². The average Bonchev–Trinajstić information content (AvgIpc) is 2.08. The van der Waals surface area contributed by atoms with Crippen LogP contribution in [-0.2, 0) is 17.3 Å². The molecule has 5 nitrogen and oxygen atoms in total. The lowest BCUT2D eigenvalue weighted by Crippen LogP contribution is -2.03. The molecule has 0 aromatic carbocycles. The summed E-state index contributed by atoms with van der Waals surface area (Å²) in [4.78, 5) is 3.40. The molecule has 0 unspecified atom stereocenters. The van der Waals surface area contributed by atoms with E-state index in [4.69, 9.17) is 5.73 Å². The van der Waals surface area contributed by atoms with Gasteiger partial charge in [0.25, 0.3) is 0 Å². The van der Waals surface area contributed by atoms with E-state index in [0.29, 0.717) is 0 Å². The fraction of sp³-hybridized carbons (Fsp3) is 0.250. The number of halogens is 1. The van der Waals surface area contributed by atoms with Gasteiger partial charge in [0, 0.05) is 7.05 Å². The molecule has 0 aliphatic rings. The van der Waals surface area contributed by atoms with Crippen LogP contribution < -0.4 is 5.73 Å². The summed E-state index contributed by atoms with van der Waals surface area (Å²) in [6.07, 6.45) is 1.13. The summed E-state index contributed by atoms with van der Waals surface area (Å²) in [5.41, 5.74) is 5.08. The van der Waals surface area contributed by atoms with Gasteiger partial charge in [-0.3, -0.25) is 0 Å². The van der Waals surface area contributed by atoms with E-state index in [1.54, 1.807) is 0 Å². The highest BCUT2D eigenvalue weighted by atomic mass is 32.3. The topological polar surface area (TPSA) is 78.0 Å². The van der Waals surface area contributed by atoms with Crippen molar-refractivity contribution in [3.05, 3.63) is 6.33 Å². The number of hydrogen-bond acceptors (Lipinski definition) is 4. The van der Waals surface area contributed by atoms with Crippen molar-refractivity contribution in [2.24, 2.45) is 7.05 Å². The van der Waals surface area contributed by atoms with E-state index in [2.05, 4.69) is 4.98 Å². The molecule has 0 bridgehead atoms. The first kappa shape index (κ1) is 7.99. The predicted octanol–water partition coefficient (Wildman–Crippen LogP) is -0.340. The Hall–Kier alpha value is -1.11. The lowest BCUT2D eigenvalue weighted by atomic mass is 10.8. The van der Waals surface area contributed by atoms with E-state index in [9.17, 15) is 12.3 Å². The highest BCUT2D eigenvalue weighted by Gasteiger charge is 2.20. The third kappa shape index (κ3) is 1.32. The van der Waals surface area contributed by atoms with Gasteiger partial charge in [-0.25, -0.2) is 4.98 Å². The van der Waals surface area contributed by atoms with Crippen molar-refractivity contribution < 1.29 is 12.3 Å². The molecule has 1 heterocycles. The third-order valence-corrected chi connectivity index (χ3v) is 2.10. The molecule has 0 fully saturated rings. The van der Waals surface area contributed by atoms with Gasteiger partial charge < -0.3 is 10.3 Å². The molecule has 0 atom stereocenters. The minimum atomic E-state index is -4.75. The molecule has 0 radical (unpaired) electrons. The second-order valence-electron chi connectivity index (χ2n) is 1.98. The van der Waals surface area contributed by atoms with E-state index in [1.807, 2.05) is 0 Å². The van der Waals surface area contributed by atoms with E-state index >= 15 is 0 Å². The SMILES string of the molecule is Cn1cnc(N)c1S(=O)(=O)F. The van der Waals surface area contributed by atoms with Crippen LogP contribution in [0.15, 0.2) is 11.4 Å². The molecular formula is C4H6FN3O2S. The Morgan fingerprint density at radius 1 is 1.73 bits per heavy atom. The maximum atomic E-state index is 12.3. The summed E-state index contributed by atoms with van der Waals surface area (Å²) in [5.74, 6) is -0.324. The minimum absolute atomic E-state index is 0.324. The van der Waals surface area contributed by atoms with Crippen molar-refractivity contribution in [2.45, 2.75) is 5.03 Å². The number of anilines is 1. The van der Waals surface area contributed by atoms with E-state index in [1.165, 1.54) is 7.05 Å². The second-order valence-corrected chi connectivity index (χ2v) is 3.25. The molecule has 62 valence electrons. The van der Waals surface area contributed by atoms with Gasteiger partial charge in [0.2, 0.25) is 5.03 Å². The molecule has 1 aromatic rings. The summed E-state index contributed by atoms with van der Waals surface area (Å²) >= 11 is 0. The van der Waals surface area contributed by atoms with Crippen LogP contribution in [0, 0.1) is 0 Å². The predicted molar refractivity (Wildman–Crippen MR) is 35.9 cm³/mol. The van der Waals surface area contributed by atoms with Crippen LogP contribution in [0.25, 0.3) is 0 Å². The summed E-state index contributed by atoms with van der Waals surface area (Å²) < 4.78 is 34.0. The van der Waals surface area contributed by atoms with Gasteiger partial charge in [-0.05, 0) is 0 Å². The quantitative estimate of drug-likeness (QED) is 0.598. The molecule has 0 aliphatic carbocycles. The van der Waals surface area contributed by atoms with E-state index in [0.717, 1.165) is 10.9 Å². The summed E-state index contributed by atoms with van der Waals surface area (Å²) in [6, 6.07) is 0. The van der Waals surface area contributed by atoms with Gasteiger partial charge in [-0.15, -0.1) is 0 Å². The van der Waals surface area contributed by atoms with Crippen LogP contribution in [0.4, 0.5) is 9.70 Å². The van der Waals surface area contributed by atoms with E-state index < -0.39 is 15.2 Å². The van der Waals surface area contributed by atoms with Gasteiger partial charge in [0.15, 0.2) is 5.82 Å². The fourth-order valence-electron chi connectivity index (χ4n) is 0.734. The largest absolute Gasteiger partial charge is 0.381 e. The Bertz CT molecular complexity index is 349. The number of nitrogen functional groups attached to an aromatic ring is 1. The molecule has 0 saturated carbocycles. The van der Waals surface area contributed by atoms with Gasteiger partial charge in [-0.2, -0.15) is 8.42 Å². The Morgan fingerprint density at radius 2 is 2.27 bits per heavy atom. The molecule has 1 aromatic heterocycles. The molecule has 0 amide bonds. The maximum Gasteiger partial charge on any atom is 0.351 e. The van der Waals surface area contributed by atoms with Crippen molar-refractivity contribution in [3.8, 4) is 0 Å². The first-order valence-corrected chi connectivity index (χ1v) is 4.02. The highest BCUT2D eigenvalue weighted by Crippen LogP contribution is 2.16. The van der Waals surface area contributed by atoms with Crippen LogP contribution in [0.2, 0.25) is 0 Å². The van der Waals surface area contributed by atoms with Crippen molar-refractivity contribution >= 4 is 16.0 Å². The fourth-order valence-corrected chi connectivity index (χ4v) is 1.43. The van der Waals surface area contributed by atoms with Crippen LogP contribution in [0.5, 0.6) is 0 Å². The zero-order chi connectivity index (χ0) is 8.65. The van der Waals surface area contributed by atoms with Gasteiger partial charge in [0.05, 0.1) is 6.33 Å². The van der Waals surface area contributed by atoms with E-state index in [-0.39, 0.29) is 5.82 Å². The first-order chi connectivity index (χ1) is 4.93. The Kier molecular flexibility index (Phi) is 1.59. The molecule has 2 N–H and O–H groups in total. The maximum absolute atomic E-state index is 12.3. The van der Waals surface area contributed by atoms with Crippen LogP contribution in [-0.4, -0.2) is 18.0 Å². The molecule has 1 rings (SSSR count). The summed E-state index contributed by atoms with van der Waals surface area (Å²) in [6.45, 7) is 0. The van der Waals surface area contributed by atoms with Gasteiger partial charge in [-0.1, -0.05) is 3.89 Å². The number of imidazole rings is 1. The third-order valence-electron chi connectivity index (χ3n) is 1.14. The Balaban J connectivity index is 3.45. The summed E-state index contributed by atoms with van der Waals surface area (Å²) in [5, 5.41) is -0.600. The Labute approximate surface area is 62.9 Å². The minimum Gasteiger partial charge on any atom is -0.381 e. The first-order valence-electron chi connectivity index (χ1n) is 2.64. The average molecular weight is 179 g/mol. The molecule has 7 heteroatoms. The van der Waals surface area contributed by atoms with Crippen molar-refractivity contribution in [3.63, 3.8) is 0 Å². The zero-order valence-corrected chi connectivity index (χ0v) is 6.47. The zero-order valence-electron chi connectivity index (χ0n) is 5.65. The van der Waals surface area contributed by atoms with Gasteiger partial charge in [0.1, 0.15) is 0 Å². The second kappa shape index (κ2) is 2.19. The Morgan fingerprint density at radius 3 is 2.45 bits per heavy atom. The lowest BCUT2D eigenvalue weighted by Gasteiger charge is -1.94. The molecule has 0 saturated heterocycles. The number of rotatable bonds is 1. The van der Waals surface area contributed by atoms with Crippen LogP contribution in [0.3, 0.4) is 0 Å². The van der Waals surface area contributed by atoms with Crippen molar-refractivity contribution in [2.75, 3.05) is 5.73 Å². The van der Waals surface area contributed by atoms with Crippen LogP contribution in [0.1, 0.15) is 0 Å². The monoisotopic (exact) mass is 179 g/mol. The smallest absolute Gasteiger partial charge is 0.351 e. The molecule has 11 heavy (non-hydrogen) atoms. The number of nitrogens with two attached hydrogens (primary N) is 1. The number of aromatic nitrogens is 2. The standard InChI is InChI=1S/C4H6FN3O2S/c1-8-2-7-3(6)4(8)11(5,9)10/h2H,6H2,1H3. The molecular weight excluding hydrogens is 173 g/mol. The number of aryl methyl sites for hydroxylation is 1. The summed E-state index contributed by atoms with van der Waals surface area (Å²) in [7, 11) is -3.40. The molecule has 0 aliphatic heterocycles. The van der Waals surface area contributed by atoms with Gasteiger partial charge >= 0.3 is 10.2 Å². The number of nitrogens with zero attached hydrogens (tertiary/aromatic N) is 2. The van der Waals surface area contributed by atoms with Crippen molar-refractivity contribution in [1.29, 1.82) is 0 Å². The normalized spacial score (nSPS) is 11.8. The van der Waals surface area contributed by atoms with Crippen LogP contribution >= 0.6 is 0 Å². The highest BCUT2D eigenvalue weighted by molar-refractivity contribution is 7.86. The molecule has 0 spiro atoms. The lowest BCUT2D eigenvalue weighted by molar-refractivity contribution is 0.542.